The number of hydrogen-bond donors (Lipinski definition) is 1. The fraction of sp³-hybridized carbons (Fsp3) is 0.727. The third-order valence-corrected chi connectivity index (χ3v) is 3.55. The molecule has 0 fully saturated rings. The van der Waals surface area contributed by atoms with E-state index in [4.69, 9.17) is 4.18 Å². The van der Waals surface area contributed by atoms with Gasteiger partial charge in [-0.15, -0.1) is 0 Å². The van der Waals surface area contributed by atoms with E-state index < -0.39 is 21.6 Å². The van der Waals surface area contributed by atoms with Crippen molar-refractivity contribution in [3.05, 3.63) is 12.7 Å². The zero-order valence-electron chi connectivity index (χ0n) is 10.7. The number of carbonyl (C=O) groups is 1. The Balaban J connectivity index is 4.37. The van der Waals surface area contributed by atoms with Crippen molar-refractivity contribution in [1.82, 2.24) is 5.32 Å². The molecule has 1 N–H and O–H groups in total. The summed E-state index contributed by atoms with van der Waals surface area (Å²) in [5.41, 5.74) is -0.879. The zero-order chi connectivity index (χ0) is 13.5. The molecule has 0 saturated heterocycles. The molecule has 0 atom stereocenters. The van der Waals surface area contributed by atoms with E-state index in [1.807, 2.05) is 6.92 Å². The predicted molar refractivity (Wildman–Crippen MR) is 67.1 cm³/mol. The highest BCUT2D eigenvalue weighted by atomic mass is 32.2. The first kappa shape index (κ1) is 16.1. The predicted octanol–water partition coefficient (Wildman–Crippen LogP) is 1.21. The second-order valence-corrected chi connectivity index (χ2v) is 6.09. The molecule has 0 aromatic carbocycles. The van der Waals surface area contributed by atoms with Gasteiger partial charge in [0.1, 0.15) is 0 Å². The van der Waals surface area contributed by atoms with Crippen molar-refractivity contribution >= 4 is 16.0 Å². The number of hydrogen-bond acceptors (Lipinski definition) is 4. The van der Waals surface area contributed by atoms with Crippen molar-refractivity contribution in [2.75, 3.05) is 12.4 Å². The topological polar surface area (TPSA) is 72.5 Å². The Morgan fingerprint density at radius 3 is 2.53 bits per heavy atom. The molecule has 0 bridgehead atoms. The van der Waals surface area contributed by atoms with Crippen molar-refractivity contribution in [3.8, 4) is 0 Å². The van der Waals surface area contributed by atoms with Crippen molar-refractivity contribution in [2.45, 2.75) is 39.2 Å². The zero-order valence-corrected chi connectivity index (χ0v) is 11.5. The van der Waals surface area contributed by atoms with Crippen LogP contribution in [0.15, 0.2) is 12.7 Å². The van der Waals surface area contributed by atoms with Gasteiger partial charge in [-0.25, -0.2) is 0 Å². The summed E-state index contributed by atoms with van der Waals surface area (Å²) < 4.78 is 28.0. The maximum Gasteiger partial charge on any atom is 0.269 e. The summed E-state index contributed by atoms with van der Waals surface area (Å²) >= 11 is 0. The normalized spacial score (nSPS) is 12.2. The van der Waals surface area contributed by atoms with Crippen LogP contribution in [-0.4, -0.2) is 32.2 Å². The molecule has 0 aromatic heterocycles. The van der Waals surface area contributed by atoms with Gasteiger partial charge in [-0.1, -0.05) is 19.9 Å². The second kappa shape index (κ2) is 6.76. The van der Waals surface area contributed by atoms with Crippen molar-refractivity contribution in [3.63, 3.8) is 0 Å². The first-order valence-corrected chi connectivity index (χ1v) is 7.12. The fourth-order valence-corrected chi connectivity index (χ4v) is 2.65. The maximum absolute atomic E-state index is 11.6. The molecule has 0 unspecified atom stereocenters. The first-order valence-electron chi connectivity index (χ1n) is 5.54. The molecule has 0 aliphatic carbocycles. The molecule has 0 aliphatic heterocycles. The van der Waals surface area contributed by atoms with Crippen LogP contribution in [0.25, 0.3) is 0 Å². The van der Waals surface area contributed by atoms with Gasteiger partial charge < -0.3 is 5.32 Å². The van der Waals surface area contributed by atoms with Gasteiger partial charge >= 0.3 is 0 Å². The second-order valence-electron chi connectivity index (χ2n) is 4.45. The molecule has 1 amide bonds. The Bertz CT molecular complexity index is 360. The van der Waals surface area contributed by atoms with Crippen molar-refractivity contribution < 1.29 is 17.4 Å². The standard InChI is InChI=1S/C11H21NO4S/c1-5-7-8-16-17(14,15)9-11(3,4)12-10(13)6-2/h6H,2,5,7-9H2,1,3-4H3,(H,12,13). The van der Waals surface area contributed by atoms with E-state index in [9.17, 15) is 13.2 Å². The van der Waals surface area contributed by atoms with Crippen molar-refractivity contribution in [2.24, 2.45) is 0 Å². The molecular formula is C11H21NO4S. The molecule has 17 heavy (non-hydrogen) atoms. The average molecular weight is 263 g/mol. The minimum absolute atomic E-state index is 0.185. The van der Waals surface area contributed by atoms with Crippen LogP contribution in [0.2, 0.25) is 0 Å². The van der Waals surface area contributed by atoms with Gasteiger partial charge in [0.15, 0.2) is 0 Å². The van der Waals surface area contributed by atoms with Crippen LogP contribution in [-0.2, 0) is 19.1 Å². The Labute approximate surface area is 103 Å². The molecule has 5 nitrogen and oxygen atoms in total. The molecule has 0 heterocycles. The number of amides is 1. The molecular weight excluding hydrogens is 242 g/mol. The number of nitrogens with one attached hydrogen (secondary N) is 1. The summed E-state index contributed by atoms with van der Waals surface area (Å²) in [5, 5.41) is 2.54. The molecule has 100 valence electrons. The van der Waals surface area contributed by atoms with Gasteiger partial charge in [-0.3, -0.25) is 8.98 Å². The van der Waals surface area contributed by atoms with Crippen LogP contribution in [0, 0.1) is 0 Å². The fourth-order valence-electron chi connectivity index (χ4n) is 1.23. The Morgan fingerprint density at radius 2 is 2.06 bits per heavy atom. The van der Waals surface area contributed by atoms with Gasteiger partial charge in [-0.05, 0) is 26.3 Å². The summed E-state index contributed by atoms with van der Waals surface area (Å²) in [6.45, 7) is 8.68. The van der Waals surface area contributed by atoms with Crippen LogP contribution in [0.4, 0.5) is 0 Å². The van der Waals surface area contributed by atoms with Crippen LogP contribution in [0.3, 0.4) is 0 Å². The van der Waals surface area contributed by atoms with Crippen LogP contribution in [0.5, 0.6) is 0 Å². The molecule has 0 rings (SSSR count). The smallest absolute Gasteiger partial charge is 0.269 e. The van der Waals surface area contributed by atoms with Crippen LogP contribution in [0.1, 0.15) is 33.6 Å². The SMILES string of the molecule is C=CC(=O)NC(C)(C)CS(=O)(=O)OCCCC. The summed E-state index contributed by atoms with van der Waals surface area (Å²) in [5.74, 6) is -0.665. The van der Waals surface area contributed by atoms with E-state index >= 15 is 0 Å². The van der Waals surface area contributed by atoms with Gasteiger partial charge in [0.2, 0.25) is 5.91 Å². The Kier molecular flexibility index (Phi) is 6.41. The molecule has 0 aliphatic rings. The highest BCUT2D eigenvalue weighted by Gasteiger charge is 2.27. The molecule has 0 radical (unpaired) electrons. The van der Waals surface area contributed by atoms with Crippen LogP contribution < -0.4 is 5.32 Å². The Morgan fingerprint density at radius 1 is 1.47 bits per heavy atom. The average Bonchev–Trinajstić information content (AvgIpc) is 2.15. The van der Waals surface area contributed by atoms with E-state index in [-0.39, 0.29) is 12.4 Å². The highest BCUT2D eigenvalue weighted by Crippen LogP contribution is 2.09. The van der Waals surface area contributed by atoms with Gasteiger partial charge in [-0.2, -0.15) is 8.42 Å². The molecule has 6 heteroatoms. The van der Waals surface area contributed by atoms with E-state index in [2.05, 4.69) is 11.9 Å². The number of carbonyl (C=O) groups excluding carboxylic acids is 1. The monoisotopic (exact) mass is 263 g/mol. The van der Waals surface area contributed by atoms with E-state index in [0.717, 1.165) is 12.5 Å². The third kappa shape index (κ3) is 7.93. The van der Waals surface area contributed by atoms with Gasteiger partial charge in [0, 0.05) is 0 Å². The highest BCUT2D eigenvalue weighted by molar-refractivity contribution is 7.86. The summed E-state index contributed by atoms with van der Waals surface area (Å²) in [4.78, 5) is 11.1. The van der Waals surface area contributed by atoms with E-state index in [1.54, 1.807) is 13.8 Å². The quantitative estimate of drug-likeness (QED) is 0.406. The molecule has 0 spiro atoms. The maximum atomic E-state index is 11.6. The minimum Gasteiger partial charge on any atom is -0.347 e. The van der Waals surface area contributed by atoms with Gasteiger partial charge in [0.05, 0.1) is 17.9 Å². The number of unbranched alkanes of at least 4 members (excludes halogenated alkanes) is 1. The molecule has 0 saturated carbocycles. The van der Waals surface area contributed by atoms with Crippen molar-refractivity contribution in [1.29, 1.82) is 0 Å². The summed E-state index contributed by atoms with van der Waals surface area (Å²) in [6, 6.07) is 0. The Hall–Kier alpha value is -0.880. The number of rotatable bonds is 8. The first-order chi connectivity index (χ1) is 7.72. The summed E-state index contributed by atoms with van der Waals surface area (Å²) in [7, 11) is -3.61. The van der Waals surface area contributed by atoms with Crippen LogP contribution >= 0.6 is 0 Å². The minimum atomic E-state index is -3.61. The lowest BCUT2D eigenvalue weighted by atomic mass is 10.1. The largest absolute Gasteiger partial charge is 0.347 e. The lowest BCUT2D eigenvalue weighted by Gasteiger charge is -2.24. The van der Waals surface area contributed by atoms with Gasteiger partial charge in [0.25, 0.3) is 10.1 Å². The third-order valence-electron chi connectivity index (χ3n) is 1.95. The van der Waals surface area contributed by atoms with E-state index in [1.165, 1.54) is 0 Å². The van der Waals surface area contributed by atoms with E-state index in [0.29, 0.717) is 6.42 Å². The lowest BCUT2D eigenvalue weighted by Crippen LogP contribution is -2.48. The lowest BCUT2D eigenvalue weighted by molar-refractivity contribution is -0.117. The summed E-state index contributed by atoms with van der Waals surface area (Å²) in [6.07, 6.45) is 2.66. The molecule has 0 aromatic rings.